The smallest absolute Gasteiger partial charge is 0.240 e. The lowest BCUT2D eigenvalue weighted by atomic mass is 10.1. The van der Waals surface area contributed by atoms with Crippen LogP contribution in [0.2, 0.25) is 0 Å². The Labute approximate surface area is 84.4 Å². The fourth-order valence-electron chi connectivity index (χ4n) is 1.51. The molecule has 0 aromatic heterocycles. The summed E-state index contributed by atoms with van der Waals surface area (Å²) in [6.07, 6.45) is 0.0704. The molecule has 0 aliphatic carbocycles. The molecule has 4 heteroatoms. The molecule has 0 aromatic rings. The molecule has 1 rings (SSSR count). The third-order valence-corrected chi connectivity index (χ3v) is 2.45. The van der Waals surface area contributed by atoms with Crippen molar-refractivity contribution in [2.24, 2.45) is 5.92 Å². The van der Waals surface area contributed by atoms with Gasteiger partial charge in [0.05, 0.1) is 24.8 Å². The van der Waals surface area contributed by atoms with Crippen LogP contribution in [0.1, 0.15) is 20.8 Å². The number of hydrogen-bond acceptors (Lipinski definition) is 3. The highest BCUT2D eigenvalue weighted by atomic mass is 16.5. The van der Waals surface area contributed by atoms with Gasteiger partial charge in [-0.3, -0.25) is 4.79 Å². The number of amides is 1. The lowest BCUT2D eigenvalue weighted by molar-refractivity contribution is -0.145. The van der Waals surface area contributed by atoms with E-state index in [0.717, 1.165) is 0 Å². The van der Waals surface area contributed by atoms with E-state index >= 15 is 0 Å². The van der Waals surface area contributed by atoms with Crippen LogP contribution in [0.25, 0.3) is 0 Å². The molecule has 1 amide bonds. The zero-order chi connectivity index (χ0) is 10.7. The quantitative estimate of drug-likeness (QED) is 0.622. The number of nitriles is 1. The van der Waals surface area contributed by atoms with Gasteiger partial charge in [0.15, 0.2) is 0 Å². The summed E-state index contributed by atoms with van der Waals surface area (Å²) in [6, 6.07) is 2.04. The molecule has 0 bridgehead atoms. The normalized spacial score (nSPS) is 29.4. The third-order valence-electron chi connectivity index (χ3n) is 2.45. The van der Waals surface area contributed by atoms with Gasteiger partial charge in [-0.1, -0.05) is 0 Å². The maximum absolute atomic E-state index is 11.7. The topological polar surface area (TPSA) is 53.3 Å². The molecule has 3 unspecified atom stereocenters. The molecule has 3 atom stereocenters. The summed E-state index contributed by atoms with van der Waals surface area (Å²) in [5.74, 6) is -0.641. The molecule has 0 spiro atoms. The van der Waals surface area contributed by atoms with Crippen LogP contribution in [-0.4, -0.2) is 36.1 Å². The number of carbonyl (C=O) groups is 1. The van der Waals surface area contributed by atoms with Crippen LogP contribution in [0, 0.1) is 17.2 Å². The van der Waals surface area contributed by atoms with Crippen molar-refractivity contribution in [2.45, 2.75) is 32.9 Å². The van der Waals surface area contributed by atoms with Crippen LogP contribution in [0.5, 0.6) is 0 Å². The molecule has 1 aliphatic rings. The first-order valence-corrected chi connectivity index (χ1v) is 4.88. The maximum Gasteiger partial charge on any atom is 0.240 e. The minimum Gasteiger partial charge on any atom is -0.375 e. The minimum atomic E-state index is -0.553. The van der Waals surface area contributed by atoms with Crippen molar-refractivity contribution in [3.8, 4) is 6.07 Å². The largest absolute Gasteiger partial charge is 0.375 e. The van der Waals surface area contributed by atoms with E-state index in [4.69, 9.17) is 10.00 Å². The van der Waals surface area contributed by atoms with Crippen molar-refractivity contribution in [1.82, 2.24) is 4.90 Å². The molecular formula is C10H16N2O2. The van der Waals surface area contributed by atoms with Crippen molar-refractivity contribution in [1.29, 1.82) is 5.26 Å². The van der Waals surface area contributed by atoms with Crippen LogP contribution in [0.4, 0.5) is 0 Å². The number of rotatable bonds is 1. The Morgan fingerprint density at radius 1 is 1.64 bits per heavy atom. The summed E-state index contributed by atoms with van der Waals surface area (Å²) in [5, 5.41) is 8.66. The first-order chi connectivity index (χ1) is 6.56. The maximum atomic E-state index is 11.7. The van der Waals surface area contributed by atoms with Gasteiger partial charge in [-0.05, 0) is 20.8 Å². The minimum absolute atomic E-state index is 0.0704. The molecule has 1 saturated heterocycles. The molecule has 4 nitrogen and oxygen atoms in total. The SMILES string of the molecule is CC1CN(C(=O)C(C)C#N)C(C)CO1. The highest BCUT2D eigenvalue weighted by molar-refractivity contribution is 5.81. The second-order valence-electron chi connectivity index (χ2n) is 3.83. The predicted molar refractivity (Wildman–Crippen MR) is 51.4 cm³/mol. The van der Waals surface area contributed by atoms with Gasteiger partial charge in [0.25, 0.3) is 0 Å². The molecule has 1 fully saturated rings. The fourth-order valence-corrected chi connectivity index (χ4v) is 1.51. The van der Waals surface area contributed by atoms with Crippen molar-refractivity contribution in [2.75, 3.05) is 13.2 Å². The number of nitrogens with zero attached hydrogens (tertiary/aromatic N) is 2. The van der Waals surface area contributed by atoms with Crippen LogP contribution in [0.3, 0.4) is 0 Å². The highest BCUT2D eigenvalue weighted by Gasteiger charge is 2.29. The Morgan fingerprint density at radius 3 is 2.86 bits per heavy atom. The van der Waals surface area contributed by atoms with Gasteiger partial charge in [0.2, 0.25) is 5.91 Å². The molecule has 1 heterocycles. The van der Waals surface area contributed by atoms with E-state index in [1.54, 1.807) is 11.8 Å². The summed E-state index contributed by atoms with van der Waals surface area (Å²) in [5.41, 5.74) is 0. The second-order valence-corrected chi connectivity index (χ2v) is 3.83. The first-order valence-electron chi connectivity index (χ1n) is 4.88. The Kier molecular flexibility index (Phi) is 3.48. The van der Waals surface area contributed by atoms with Crippen LogP contribution < -0.4 is 0 Å². The highest BCUT2D eigenvalue weighted by Crippen LogP contribution is 2.14. The number of hydrogen-bond donors (Lipinski definition) is 0. The molecule has 0 aromatic carbocycles. The molecule has 14 heavy (non-hydrogen) atoms. The van der Waals surface area contributed by atoms with Crippen molar-refractivity contribution >= 4 is 5.91 Å². The van der Waals surface area contributed by atoms with E-state index in [2.05, 4.69) is 0 Å². The van der Waals surface area contributed by atoms with E-state index in [1.807, 2.05) is 19.9 Å². The molecule has 0 N–H and O–H groups in total. The standard InChI is InChI=1S/C10H16N2O2/c1-7(4-11)10(13)12-5-9(3)14-6-8(12)2/h7-9H,5-6H2,1-3H3. The van der Waals surface area contributed by atoms with Gasteiger partial charge in [-0.15, -0.1) is 0 Å². The molecule has 78 valence electrons. The Hall–Kier alpha value is -1.08. The third kappa shape index (κ3) is 2.24. The van der Waals surface area contributed by atoms with E-state index in [1.165, 1.54) is 0 Å². The molecule has 0 radical (unpaired) electrons. The van der Waals surface area contributed by atoms with Gasteiger partial charge in [0.1, 0.15) is 5.92 Å². The van der Waals surface area contributed by atoms with Gasteiger partial charge in [-0.25, -0.2) is 0 Å². The van der Waals surface area contributed by atoms with Gasteiger partial charge < -0.3 is 9.64 Å². The average molecular weight is 196 g/mol. The number of morpholine rings is 1. The summed E-state index contributed by atoms with van der Waals surface area (Å²) in [7, 11) is 0. The van der Waals surface area contributed by atoms with Crippen LogP contribution in [0.15, 0.2) is 0 Å². The van der Waals surface area contributed by atoms with E-state index in [0.29, 0.717) is 13.2 Å². The number of carbonyl (C=O) groups excluding carboxylic acids is 1. The van der Waals surface area contributed by atoms with Crippen molar-refractivity contribution in [3.05, 3.63) is 0 Å². The summed E-state index contributed by atoms with van der Waals surface area (Å²) in [6.45, 7) is 6.66. The summed E-state index contributed by atoms with van der Waals surface area (Å²) < 4.78 is 5.41. The average Bonchev–Trinajstić information content (AvgIpc) is 2.19. The van der Waals surface area contributed by atoms with E-state index in [-0.39, 0.29) is 18.1 Å². The van der Waals surface area contributed by atoms with Crippen molar-refractivity contribution < 1.29 is 9.53 Å². The Bertz CT molecular complexity index is 259. The summed E-state index contributed by atoms with van der Waals surface area (Å²) >= 11 is 0. The van der Waals surface area contributed by atoms with E-state index < -0.39 is 5.92 Å². The van der Waals surface area contributed by atoms with E-state index in [9.17, 15) is 4.79 Å². The Morgan fingerprint density at radius 2 is 2.29 bits per heavy atom. The predicted octanol–water partition coefficient (Wildman–Crippen LogP) is 0.782. The monoisotopic (exact) mass is 196 g/mol. The molecular weight excluding hydrogens is 180 g/mol. The second kappa shape index (κ2) is 4.43. The Balaban J connectivity index is 2.66. The summed E-state index contributed by atoms with van der Waals surface area (Å²) in [4.78, 5) is 13.5. The zero-order valence-electron chi connectivity index (χ0n) is 8.86. The molecule has 0 saturated carbocycles. The molecule has 1 aliphatic heterocycles. The lowest BCUT2D eigenvalue weighted by Gasteiger charge is -2.37. The van der Waals surface area contributed by atoms with Gasteiger partial charge >= 0.3 is 0 Å². The van der Waals surface area contributed by atoms with Gasteiger partial charge in [0, 0.05) is 6.54 Å². The fraction of sp³-hybridized carbons (Fsp3) is 0.800. The number of ether oxygens (including phenoxy) is 1. The van der Waals surface area contributed by atoms with Crippen LogP contribution in [-0.2, 0) is 9.53 Å². The van der Waals surface area contributed by atoms with Crippen molar-refractivity contribution in [3.63, 3.8) is 0 Å². The first kappa shape index (κ1) is 11.0. The lowest BCUT2D eigenvalue weighted by Crippen LogP contribution is -2.51. The zero-order valence-corrected chi connectivity index (χ0v) is 8.86. The van der Waals surface area contributed by atoms with Crippen LogP contribution >= 0.6 is 0 Å². The van der Waals surface area contributed by atoms with Gasteiger partial charge in [-0.2, -0.15) is 5.26 Å².